The Labute approximate surface area is 95.8 Å². The van der Waals surface area contributed by atoms with Crippen molar-refractivity contribution in [1.29, 1.82) is 0 Å². The summed E-state index contributed by atoms with van der Waals surface area (Å²) >= 11 is 4.92. The van der Waals surface area contributed by atoms with Gasteiger partial charge in [0.1, 0.15) is 4.60 Å². The molecule has 76 valence electrons. The van der Waals surface area contributed by atoms with Gasteiger partial charge >= 0.3 is 0 Å². The van der Waals surface area contributed by atoms with E-state index in [0.717, 1.165) is 10.4 Å². The molecular formula is C9H11BrN2OS. The van der Waals surface area contributed by atoms with Crippen LogP contribution in [0, 0.1) is 0 Å². The average Bonchev–Trinajstić information content (AvgIpc) is 2.19. The summed E-state index contributed by atoms with van der Waals surface area (Å²) < 4.78 is 0.734. The number of halogens is 1. The first-order valence-corrected chi connectivity index (χ1v) is 6.31. The number of pyridine rings is 1. The van der Waals surface area contributed by atoms with Crippen LogP contribution in [0.25, 0.3) is 0 Å². The average molecular weight is 275 g/mol. The van der Waals surface area contributed by atoms with Crippen LogP contribution < -0.4 is 5.32 Å². The molecule has 14 heavy (non-hydrogen) atoms. The van der Waals surface area contributed by atoms with Crippen molar-refractivity contribution in [3.8, 4) is 0 Å². The monoisotopic (exact) mass is 274 g/mol. The zero-order chi connectivity index (χ0) is 10.4. The van der Waals surface area contributed by atoms with Crippen LogP contribution in [-0.4, -0.2) is 29.4 Å². The number of nitrogens with zero attached hydrogens (tertiary/aromatic N) is 1. The summed E-state index contributed by atoms with van der Waals surface area (Å²) in [6, 6.07) is 3.50. The van der Waals surface area contributed by atoms with Crippen LogP contribution in [0.15, 0.2) is 22.9 Å². The molecule has 1 aromatic rings. The molecular weight excluding hydrogens is 264 g/mol. The zero-order valence-electron chi connectivity index (χ0n) is 7.79. The van der Waals surface area contributed by atoms with E-state index in [2.05, 4.69) is 26.2 Å². The summed E-state index contributed by atoms with van der Waals surface area (Å²) in [5, 5.41) is 2.80. The second-order valence-corrected chi connectivity index (χ2v) is 4.42. The Morgan fingerprint density at radius 2 is 2.43 bits per heavy atom. The van der Waals surface area contributed by atoms with Gasteiger partial charge in [0, 0.05) is 18.5 Å². The first kappa shape index (κ1) is 11.5. The fourth-order valence-electron chi connectivity index (χ4n) is 0.879. The minimum atomic E-state index is -0.0703. The van der Waals surface area contributed by atoms with E-state index in [9.17, 15) is 4.79 Å². The summed E-state index contributed by atoms with van der Waals surface area (Å²) in [5.41, 5.74) is 0.592. The highest BCUT2D eigenvalue weighted by Crippen LogP contribution is 2.05. The molecule has 1 aromatic heterocycles. The second kappa shape index (κ2) is 6.03. The number of nitrogens with one attached hydrogen (secondary N) is 1. The van der Waals surface area contributed by atoms with Gasteiger partial charge in [-0.15, -0.1) is 0 Å². The van der Waals surface area contributed by atoms with Crippen LogP contribution in [0.4, 0.5) is 0 Å². The van der Waals surface area contributed by atoms with Gasteiger partial charge in [-0.1, -0.05) is 0 Å². The van der Waals surface area contributed by atoms with E-state index in [4.69, 9.17) is 0 Å². The SMILES string of the molecule is CSCCNC(=O)c1ccc(Br)nc1. The summed E-state index contributed by atoms with van der Waals surface area (Å²) in [6.45, 7) is 0.691. The third-order valence-corrected chi connectivity index (χ3v) is 2.66. The van der Waals surface area contributed by atoms with E-state index in [1.54, 1.807) is 30.1 Å². The zero-order valence-corrected chi connectivity index (χ0v) is 10.2. The smallest absolute Gasteiger partial charge is 0.252 e. The maximum Gasteiger partial charge on any atom is 0.252 e. The lowest BCUT2D eigenvalue weighted by molar-refractivity contribution is 0.0956. The van der Waals surface area contributed by atoms with Crippen molar-refractivity contribution in [2.45, 2.75) is 0 Å². The Morgan fingerprint density at radius 1 is 1.64 bits per heavy atom. The third-order valence-electron chi connectivity index (χ3n) is 1.58. The van der Waals surface area contributed by atoms with Gasteiger partial charge in [0.2, 0.25) is 0 Å². The summed E-state index contributed by atoms with van der Waals surface area (Å²) in [4.78, 5) is 15.4. The normalized spacial score (nSPS) is 9.86. The molecule has 0 spiro atoms. The quantitative estimate of drug-likeness (QED) is 0.674. The topological polar surface area (TPSA) is 42.0 Å². The van der Waals surface area contributed by atoms with Crippen LogP contribution in [0.3, 0.4) is 0 Å². The number of rotatable bonds is 4. The van der Waals surface area contributed by atoms with Crippen molar-refractivity contribution in [2.75, 3.05) is 18.6 Å². The lowest BCUT2D eigenvalue weighted by Gasteiger charge is -2.03. The summed E-state index contributed by atoms with van der Waals surface area (Å²) in [6.07, 6.45) is 3.56. The Kier molecular flexibility index (Phi) is 4.97. The van der Waals surface area contributed by atoms with E-state index in [1.165, 1.54) is 0 Å². The molecule has 1 heterocycles. The van der Waals surface area contributed by atoms with Gasteiger partial charge < -0.3 is 5.32 Å². The number of carbonyl (C=O) groups is 1. The molecule has 3 nitrogen and oxygen atoms in total. The molecule has 0 saturated heterocycles. The first-order valence-electron chi connectivity index (χ1n) is 4.12. The predicted octanol–water partition coefficient (Wildman–Crippen LogP) is 1.94. The number of amides is 1. The van der Waals surface area contributed by atoms with Crippen molar-refractivity contribution in [3.05, 3.63) is 28.5 Å². The maximum atomic E-state index is 11.5. The highest BCUT2D eigenvalue weighted by atomic mass is 79.9. The highest BCUT2D eigenvalue weighted by Gasteiger charge is 2.03. The minimum absolute atomic E-state index is 0.0703. The van der Waals surface area contributed by atoms with Crippen molar-refractivity contribution in [3.63, 3.8) is 0 Å². The van der Waals surface area contributed by atoms with Gasteiger partial charge in [-0.3, -0.25) is 4.79 Å². The van der Waals surface area contributed by atoms with Gasteiger partial charge in [-0.2, -0.15) is 11.8 Å². The van der Waals surface area contributed by atoms with Gasteiger partial charge in [-0.05, 0) is 34.3 Å². The first-order chi connectivity index (χ1) is 6.74. The van der Waals surface area contributed by atoms with Gasteiger partial charge in [-0.25, -0.2) is 4.98 Å². The van der Waals surface area contributed by atoms with Gasteiger partial charge in [0.05, 0.1) is 5.56 Å². The largest absolute Gasteiger partial charge is 0.351 e. The van der Waals surface area contributed by atoms with Crippen LogP contribution in [0.2, 0.25) is 0 Å². The van der Waals surface area contributed by atoms with Gasteiger partial charge in [0.25, 0.3) is 5.91 Å². The Balaban J connectivity index is 2.48. The van der Waals surface area contributed by atoms with Crippen molar-refractivity contribution in [2.24, 2.45) is 0 Å². The molecule has 0 aromatic carbocycles. The molecule has 0 unspecified atom stereocenters. The van der Waals surface area contributed by atoms with Crippen LogP contribution in [0.5, 0.6) is 0 Å². The summed E-state index contributed by atoms with van der Waals surface area (Å²) in [7, 11) is 0. The number of hydrogen-bond acceptors (Lipinski definition) is 3. The van der Waals surface area contributed by atoms with E-state index in [1.807, 2.05) is 6.26 Å². The number of carbonyl (C=O) groups excluding carboxylic acids is 1. The molecule has 1 N–H and O–H groups in total. The van der Waals surface area contributed by atoms with Crippen LogP contribution in [0.1, 0.15) is 10.4 Å². The predicted molar refractivity (Wildman–Crippen MR) is 62.7 cm³/mol. The minimum Gasteiger partial charge on any atom is -0.351 e. The van der Waals surface area contributed by atoms with E-state index in [-0.39, 0.29) is 5.91 Å². The van der Waals surface area contributed by atoms with Crippen LogP contribution in [-0.2, 0) is 0 Å². The Morgan fingerprint density at radius 3 is 3.00 bits per heavy atom. The molecule has 0 fully saturated rings. The molecule has 0 atom stereocenters. The summed E-state index contributed by atoms with van der Waals surface area (Å²) in [5.74, 6) is 0.856. The number of hydrogen-bond donors (Lipinski definition) is 1. The van der Waals surface area contributed by atoms with Crippen LogP contribution >= 0.6 is 27.7 Å². The Bertz CT molecular complexity index is 302. The maximum absolute atomic E-state index is 11.5. The van der Waals surface area contributed by atoms with E-state index < -0.39 is 0 Å². The molecule has 0 bridgehead atoms. The molecule has 1 amide bonds. The fourth-order valence-corrected chi connectivity index (χ4v) is 1.42. The Hall–Kier alpha value is -0.550. The van der Waals surface area contributed by atoms with Crippen molar-refractivity contribution < 1.29 is 4.79 Å². The van der Waals surface area contributed by atoms with E-state index >= 15 is 0 Å². The molecule has 5 heteroatoms. The van der Waals surface area contributed by atoms with Crippen molar-refractivity contribution >= 4 is 33.6 Å². The molecule has 0 aliphatic heterocycles. The molecule has 0 radical (unpaired) electrons. The lowest BCUT2D eigenvalue weighted by Crippen LogP contribution is -2.25. The number of aromatic nitrogens is 1. The molecule has 0 aliphatic rings. The second-order valence-electron chi connectivity index (χ2n) is 2.62. The van der Waals surface area contributed by atoms with E-state index in [0.29, 0.717) is 12.1 Å². The van der Waals surface area contributed by atoms with Crippen molar-refractivity contribution in [1.82, 2.24) is 10.3 Å². The van der Waals surface area contributed by atoms with Gasteiger partial charge in [0.15, 0.2) is 0 Å². The number of thioether (sulfide) groups is 1. The third kappa shape index (κ3) is 3.67. The standard InChI is InChI=1S/C9H11BrN2OS/c1-14-5-4-11-9(13)7-2-3-8(10)12-6-7/h2-3,6H,4-5H2,1H3,(H,11,13). The fraction of sp³-hybridized carbons (Fsp3) is 0.333. The molecule has 0 saturated carbocycles. The highest BCUT2D eigenvalue weighted by molar-refractivity contribution is 9.10. The lowest BCUT2D eigenvalue weighted by atomic mass is 10.3. The molecule has 0 aliphatic carbocycles. The molecule has 1 rings (SSSR count).